The molecule has 0 atom stereocenters. The Morgan fingerprint density at radius 3 is 2.62 bits per heavy atom. The number of aromatic nitrogens is 2. The predicted molar refractivity (Wildman–Crippen MR) is 85.6 cm³/mol. The van der Waals surface area contributed by atoms with Crippen molar-refractivity contribution in [3.05, 3.63) is 53.6 Å². The molecule has 0 spiro atoms. The highest BCUT2D eigenvalue weighted by atomic mass is 35.5. The number of rotatable bonds is 6. The molecule has 0 unspecified atom stereocenters. The van der Waals surface area contributed by atoms with Crippen LogP contribution >= 0.6 is 11.6 Å². The lowest BCUT2D eigenvalue weighted by molar-refractivity contribution is 0.206. The van der Waals surface area contributed by atoms with E-state index in [1.54, 1.807) is 19.6 Å². The molecule has 0 aliphatic heterocycles. The van der Waals surface area contributed by atoms with Gasteiger partial charge in [-0.3, -0.25) is 0 Å². The van der Waals surface area contributed by atoms with E-state index < -0.39 is 0 Å². The van der Waals surface area contributed by atoms with E-state index >= 15 is 0 Å². The van der Waals surface area contributed by atoms with Crippen molar-refractivity contribution >= 4 is 17.3 Å². The van der Waals surface area contributed by atoms with Crippen molar-refractivity contribution in [3.8, 4) is 0 Å². The van der Waals surface area contributed by atoms with E-state index in [2.05, 4.69) is 24.0 Å². The van der Waals surface area contributed by atoms with E-state index in [-0.39, 0.29) is 5.41 Å². The Bertz CT molecular complexity index is 588. The average molecular weight is 306 g/mol. The van der Waals surface area contributed by atoms with Gasteiger partial charge in [0.15, 0.2) is 0 Å². The van der Waals surface area contributed by atoms with Crippen LogP contribution in [0.4, 0.5) is 0 Å². The highest BCUT2D eigenvalue weighted by Crippen LogP contribution is 2.26. The topological polar surface area (TPSA) is 39.4 Å². The van der Waals surface area contributed by atoms with Gasteiger partial charge < -0.3 is 9.40 Å². The van der Waals surface area contributed by atoms with Crippen molar-refractivity contribution in [1.29, 1.82) is 0 Å². The van der Waals surface area contributed by atoms with Crippen LogP contribution in [-0.4, -0.2) is 22.4 Å². The molecule has 0 bridgehead atoms. The summed E-state index contributed by atoms with van der Waals surface area (Å²) in [5.74, 6) is 0. The summed E-state index contributed by atoms with van der Waals surface area (Å²) >= 11 is 5.94. The summed E-state index contributed by atoms with van der Waals surface area (Å²) in [6, 6.07) is 7.92. The Hall–Kier alpha value is -1.81. The van der Waals surface area contributed by atoms with Gasteiger partial charge in [0.2, 0.25) is 0 Å². The number of hydrogen-bond acceptors (Lipinski definition) is 3. The van der Waals surface area contributed by atoms with Gasteiger partial charge >= 0.3 is 0 Å². The van der Waals surface area contributed by atoms with E-state index in [1.807, 2.05) is 35.0 Å². The Morgan fingerprint density at radius 2 is 2.05 bits per heavy atom. The molecule has 0 aliphatic rings. The lowest BCUT2D eigenvalue weighted by Crippen LogP contribution is -2.30. The lowest BCUT2D eigenvalue weighted by atomic mass is 9.81. The smallest absolute Gasteiger partial charge is 0.106 e. The SMILES string of the molecule is CON=C(Cn1ccnc1)C(C)(C)Cc1ccc(Cl)cc1. The first-order valence-electron chi connectivity index (χ1n) is 6.82. The number of oxime groups is 1. The fraction of sp³-hybridized carbons (Fsp3) is 0.375. The van der Waals surface area contributed by atoms with Gasteiger partial charge in [0.25, 0.3) is 0 Å². The zero-order chi connectivity index (χ0) is 15.3. The van der Waals surface area contributed by atoms with E-state index in [9.17, 15) is 0 Å². The van der Waals surface area contributed by atoms with Gasteiger partial charge in [-0.15, -0.1) is 0 Å². The zero-order valence-electron chi connectivity index (χ0n) is 12.6. The normalized spacial score (nSPS) is 12.5. The fourth-order valence-corrected chi connectivity index (χ4v) is 2.37. The maximum Gasteiger partial charge on any atom is 0.106 e. The molecule has 112 valence electrons. The molecule has 2 rings (SSSR count). The third kappa shape index (κ3) is 4.33. The maximum absolute atomic E-state index is 5.94. The summed E-state index contributed by atoms with van der Waals surface area (Å²) < 4.78 is 1.99. The summed E-state index contributed by atoms with van der Waals surface area (Å²) in [6.07, 6.45) is 6.32. The number of nitrogens with zero attached hydrogens (tertiary/aromatic N) is 3. The van der Waals surface area contributed by atoms with Crippen molar-refractivity contribution in [1.82, 2.24) is 9.55 Å². The van der Waals surface area contributed by atoms with Gasteiger partial charge in [0.05, 0.1) is 18.6 Å². The van der Waals surface area contributed by atoms with Crippen LogP contribution < -0.4 is 0 Å². The Labute approximate surface area is 130 Å². The molecule has 2 aromatic rings. The van der Waals surface area contributed by atoms with Crippen LogP contribution in [0.1, 0.15) is 19.4 Å². The largest absolute Gasteiger partial charge is 0.399 e. The van der Waals surface area contributed by atoms with Crippen molar-refractivity contribution in [2.45, 2.75) is 26.8 Å². The highest BCUT2D eigenvalue weighted by molar-refractivity contribution is 6.30. The highest BCUT2D eigenvalue weighted by Gasteiger charge is 2.26. The molecule has 0 amide bonds. The van der Waals surface area contributed by atoms with Crippen LogP contribution in [-0.2, 0) is 17.8 Å². The molecule has 0 fully saturated rings. The van der Waals surface area contributed by atoms with Crippen molar-refractivity contribution < 1.29 is 4.84 Å². The summed E-state index contributed by atoms with van der Waals surface area (Å²) in [5.41, 5.74) is 2.06. The lowest BCUT2D eigenvalue weighted by Gasteiger charge is -2.26. The first-order chi connectivity index (χ1) is 10.0. The quantitative estimate of drug-likeness (QED) is 0.601. The van der Waals surface area contributed by atoms with E-state index in [1.165, 1.54) is 5.56 Å². The summed E-state index contributed by atoms with van der Waals surface area (Å²) in [6.45, 7) is 4.99. The fourth-order valence-electron chi connectivity index (χ4n) is 2.24. The van der Waals surface area contributed by atoms with Gasteiger partial charge in [0, 0.05) is 22.8 Å². The molecule has 0 saturated heterocycles. The molecular weight excluding hydrogens is 286 g/mol. The minimum Gasteiger partial charge on any atom is -0.399 e. The van der Waals surface area contributed by atoms with Gasteiger partial charge in [-0.1, -0.05) is 42.7 Å². The predicted octanol–water partition coefficient (Wildman–Crippen LogP) is 3.81. The van der Waals surface area contributed by atoms with Crippen molar-refractivity contribution in [3.63, 3.8) is 0 Å². The molecule has 1 aromatic carbocycles. The van der Waals surface area contributed by atoms with Crippen LogP contribution in [0.25, 0.3) is 0 Å². The van der Waals surface area contributed by atoms with Crippen LogP contribution in [0, 0.1) is 5.41 Å². The minimum absolute atomic E-state index is 0.131. The molecular formula is C16H20ClN3O. The number of hydrogen-bond donors (Lipinski definition) is 0. The first-order valence-corrected chi connectivity index (χ1v) is 7.20. The molecule has 1 heterocycles. The zero-order valence-corrected chi connectivity index (χ0v) is 13.3. The van der Waals surface area contributed by atoms with Gasteiger partial charge in [0.1, 0.15) is 7.11 Å². The number of halogens is 1. The molecule has 0 N–H and O–H groups in total. The maximum atomic E-state index is 5.94. The standard InChI is InChI=1S/C16H20ClN3O/c1-16(2,10-13-4-6-14(17)7-5-13)15(19-21-3)11-20-9-8-18-12-20/h4-9,12H,10-11H2,1-3H3. The summed E-state index contributed by atoms with van der Waals surface area (Å²) in [4.78, 5) is 9.09. The van der Waals surface area contributed by atoms with Crippen LogP contribution in [0.15, 0.2) is 48.1 Å². The summed E-state index contributed by atoms with van der Waals surface area (Å²) in [5, 5.41) is 4.98. The summed E-state index contributed by atoms with van der Waals surface area (Å²) in [7, 11) is 1.58. The second-order valence-electron chi connectivity index (χ2n) is 5.64. The minimum atomic E-state index is -0.131. The Balaban J connectivity index is 2.17. The first kappa shape index (κ1) is 15.6. The van der Waals surface area contributed by atoms with Gasteiger partial charge in [-0.05, 0) is 24.1 Å². The average Bonchev–Trinajstić information content (AvgIpc) is 2.94. The van der Waals surface area contributed by atoms with E-state index in [0.29, 0.717) is 6.54 Å². The number of imidazole rings is 1. The Kier molecular flexibility index (Phi) is 5.02. The second-order valence-corrected chi connectivity index (χ2v) is 6.08. The molecule has 1 aromatic heterocycles. The molecule has 4 nitrogen and oxygen atoms in total. The third-order valence-electron chi connectivity index (χ3n) is 3.43. The third-order valence-corrected chi connectivity index (χ3v) is 3.69. The van der Waals surface area contributed by atoms with Crippen molar-refractivity contribution in [2.75, 3.05) is 7.11 Å². The monoisotopic (exact) mass is 305 g/mol. The van der Waals surface area contributed by atoms with Gasteiger partial charge in [-0.25, -0.2) is 4.98 Å². The van der Waals surface area contributed by atoms with Crippen LogP contribution in [0.5, 0.6) is 0 Å². The van der Waals surface area contributed by atoms with Crippen LogP contribution in [0.2, 0.25) is 5.02 Å². The Morgan fingerprint density at radius 1 is 1.33 bits per heavy atom. The van der Waals surface area contributed by atoms with E-state index in [0.717, 1.165) is 17.2 Å². The second kappa shape index (κ2) is 6.76. The van der Waals surface area contributed by atoms with E-state index in [4.69, 9.17) is 16.4 Å². The van der Waals surface area contributed by atoms with Gasteiger partial charge in [-0.2, -0.15) is 0 Å². The molecule has 5 heteroatoms. The molecule has 0 saturated carbocycles. The number of benzene rings is 1. The van der Waals surface area contributed by atoms with Crippen LogP contribution in [0.3, 0.4) is 0 Å². The van der Waals surface area contributed by atoms with Crippen molar-refractivity contribution in [2.24, 2.45) is 10.6 Å². The molecule has 0 radical (unpaired) electrons. The molecule has 21 heavy (non-hydrogen) atoms. The molecule has 0 aliphatic carbocycles.